The van der Waals surface area contributed by atoms with E-state index in [1.165, 1.54) is 36.8 Å². The largest absolute Gasteiger partial charge is 0.481 e. The minimum absolute atomic E-state index is 0.111. The smallest absolute Gasteiger partial charge is 0.310 e. The average molecular weight is 441 g/mol. The summed E-state index contributed by atoms with van der Waals surface area (Å²) in [6.07, 6.45) is 12.5. The fourth-order valence-corrected chi connectivity index (χ4v) is 9.92. The standard InChI is InChI=1S/C30H48O2/c1-9-14-27(6)22(19(2)3)13-15-29(8)24(27)11-10-23-25-21(5)20(4)12-16-30(25,26(31)32)18-17-28(23,29)7/h10,20-22,24-25H,2,9,11-18H2,1,3-8H3,(H,31,32)/t20-,21+,22?,24?,25?,27+,28-,29-,30+/m1/s1. The summed E-state index contributed by atoms with van der Waals surface area (Å²) in [4.78, 5) is 12.8. The van der Waals surface area contributed by atoms with Gasteiger partial charge in [0.15, 0.2) is 0 Å². The van der Waals surface area contributed by atoms with Gasteiger partial charge < -0.3 is 5.11 Å². The molecule has 180 valence electrons. The number of fused-ring (bicyclic) bond motifs is 5. The van der Waals surface area contributed by atoms with Gasteiger partial charge in [0, 0.05) is 0 Å². The molecule has 9 atom stereocenters. The van der Waals surface area contributed by atoms with Crippen molar-refractivity contribution in [2.75, 3.05) is 0 Å². The predicted molar refractivity (Wildman–Crippen MR) is 133 cm³/mol. The predicted octanol–water partition coefficient (Wildman–Crippen LogP) is 8.28. The molecule has 1 N–H and O–H groups in total. The first-order chi connectivity index (χ1) is 14.9. The van der Waals surface area contributed by atoms with Crippen LogP contribution >= 0.6 is 0 Å². The minimum Gasteiger partial charge on any atom is -0.481 e. The lowest BCUT2D eigenvalue weighted by Gasteiger charge is -2.69. The lowest BCUT2D eigenvalue weighted by Crippen LogP contribution is -2.62. The zero-order valence-corrected chi connectivity index (χ0v) is 21.9. The van der Waals surface area contributed by atoms with Crippen LogP contribution in [0.15, 0.2) is 23.8 Å². The van der Waals surface area contributed by atoms with Gasteiger partial charge >= 0.3 is 5.97 Å². The van der Waals surface area contributed by atoms with Gasteiger partial charge in [-0.2, -0.15) is 0 Å². The molecule has 32 heavy (non-hydrogen) atoms. The number of aliphatic carboxylic acids is 1. The van der Waals surface area contributed by atoms with Crippen molar-refractivity contribution in [1.29, 1.82) is 0 Å². The molecule has 2 heteroatoms. The third-order valence-electron chi connectivity index (χ3n) is 12.1. The normalized spacial score (nSPS) is 50.5. The Hall–Kier alpha value is -1.05. The Balaban J connectivity index is 1.85. The van der Waals surface area contributed by atoms with Gasteiger partial charge in [0.2, 0.25) is 0 Å². The van der Waals surface area contributed by atoms with Crippen LogP contribution in [0.1, 0.15) is 106 Å². The van der Waals surface area contributed by atoms with Crippen LogP contribution in [0.2, 0.25) is 0 Å². The molecule has 0 aromatic heterocycles. The Kier molecular flexibility index (Phi) is 5.83. The Morgan fingerprint density at radius 1 is 1.12 bits per heavy atom. The van der Waals surface area contributed by atoms with Crippen LogP contribution in [0.3, 0.4) is 0 Å². The van der Waals surface area contributed by atoms with Crippen LogP contribution < -0.4 is 0 Å². The van der Waals surface area contributed by atoms with Gasteiger partial charge in [0.1, 0.15) is 0 Å². The van der Waals surface area contributed by atoms with E-state index >= 15 is 0 Å². The number of allylic oxidation sites excluding steroid dienone is 3. The molecule has 0 bridgehead atoms. The summed E-state index contributed by atoms with van der Waals surface area (Å²) in [6.45, 7) is 21.4. The first kappa shape index (κ1) is 24.1. The lowest BCUT2D eigenvalue weighted by atomic mass is 9.35. The molecule has 3 saturated carbocycles. The van der Waals surface area contributed by atoms with E-state index in [0.29, 0.717) is 23.7 Å². The van der Waals surface area contributed by atoms with Crippen molar-refractivity contribution in [3.63, 3.8) is 0 Å². The summed E-state index contributed by atoms with van der Waals surface area (Å²) < 4.78 is 0. The highest BCUT2D eigenvalue weighted by Crippen LogP contribution is 2.74. The van der Waals surface area contributed by atoms with Gasteiger partial charge in [-0.25, -0.2) is 0 Å². The second kappa shape index (κ2) is 7.74. The molecule has 0 aromatic carbocycles. The molecule has 4 rings (SSSR count). The quantitative estimate of drug-likeness (QED) is 0.446. The summed E-state index contributed by atoms with van der Waals surface area (Å²) in [7, 11) is 0. The SMILES string of the molecule is C=C(C)C1CC[C@]2(C)C(CC=C3C4[C@@H](C)[C@H](C)CC[C@]4(C(=O)O)CC[C@]32C)[C@@]1(C)CCC. The maximum Gasteiger partial charge on any atom is 0.310 e. The molecule has 0 aliphatic heterocycles. The Labute approximate surface area is 197 Å². The van der Waals surface area contributed by atoms with Crippen LogP contribution in [-0.2, 0) is 4.79 Å². The van der Waals surface area contributed by atoms with Gasteiger partial charge in [-0.3, -0.25) is 4.79 Å². The molecule has 4 aliphatic rings. The molecule has 2 nitrogen and oxygen atoms in total. The Morgan fingerprint density at radius 2 is 1.81 bits per heavy atom. The summed E-state index contributed by atoms with van der Waals surface area (Å²) in [5, 5.41) is 10.5. The number of hydrogen-bond acceptors (Lipinski definition) is 1. The van der Waals surface area contributed by atoms with Crippen LogP contribution in [0.4, 0.5) is 0 Å². The van der Waals surface area contributed by atoms with Crippen LogP contribution in [0.25, 0.3) is 0 Å². The summed E-state index contributed by atoms with van der Waals surface area (Å²) in [6, 6.07) is 0. The number of rotatable bonds is 4. The molecular weight excluding hydrogens is 392 g/mol. The van der Waals surface area contributed by atoms with E-state index in [-0.39, 0.29) is 22.2 Å². The molecule has 3 fully saturated rings. The van der Waals surface area contributed by atoms with Gasteiger partial charge in [-0.1, -0.05) is 71.8 Å². The zero-order chi connectivity index (χ0) is 23.7. The van der Waals surface area contributed by atoms with Crippen molar-refractivity contribution < 1.29 is 9.90 Å². The molecule has 0 amide bonds. The van der Waals surface area contributed by atoms with Gasteiger partial charge in [-0.15, -0.1) is 0 Å². The van der Waals surface area contributed by atoms with Crippen molar-refractivity contribution in [3.8, 4) is 0 Å². The van der Waals surface area contributed by atoms with E-state index in [4.69, 9.17) is 0 Å². The van der Waals surface area contributed by atoms with E-state index in [9.17, 15) is 9.90 Å². The topological polar surface area (TPSA) is 37.3 Å². The van der Waals surface area contributed by atoms with Crippen LogP contribution in [0, 0.1) is 51.2 Å². The Morgan fingerprint density at radius 3 is 2.41 bits per heavy atom. The van der Waals surface area contributed by atoms with E-state index in [1.807, 2.05) is 0 Å². The van der Waals surface area contributed by atoms with Gasteiger partial charge in [-0.05, 0) is 104 Å². The maximum absolute atomic E-state index is 12.8. The highest BCUT2D eigenvalue weighted by molar-refractivity contribution is 5.76. The maximum atomic E-state index is 12.8. The highest BCUT2D eigenvalue weighted by atomic mass is 16.4. The third kappa shape index (κ3) is 2.92. The number of carbonyl (C=O) groups is 1. The van der Waals surface area contributed by atoms with Gasteiger partial charge in [0.05, 0.1) is 5.41 Å². The summed E-state index contributed by atoms with van der Waals surface area (Å²) in [5.41, 5.74) is 2.99. The summed E-state index contributed by atoms with van der Waals surface area (Å²) in [5.74, 6) is 1.97. The van der Waals surface area contributed by atoms with Crippen molar-refractivity contribution in [2.24, 2.45) is 51.2 Å². The fourth-order valence-electron chi connectivity index (χ4n) is 9.92. The van der Waals surface area contributed by atoms with Crippen LogP contribution in [0.5, 0.6) is 0 Å². The molecule has 0 aromatic rings. The second-order valence-electron chi connectivity index (χ2n) is 13.2. The first-order valence-electron chi connectivity index (χ1n) is 13.5. The van der Waals surface area contributed by atoms with E-state index < -0.39 is 11.4 Å². The summed E-state index contributed by atoms with van der Waals surface area (Å²) >= 11 is 0. The van der Waals surface area contributed by atoms with E-state index in [0.717, 1.165) is 32.1 Å². The zero-order valence-electron chi connectivity index (χ0n) is 21.9. The third-order valence-corrected chi connectivity index (χ3v) is 12.1. The van der Waals surface area contributed by atoms with Crippen molar-refractivity contribution in [1.82, 2.24) is 0 Å². The molecule has 0 radical (unpaired) electrons. The molecular formula is C30H48O2. The van der Waals surface area contributed by atoms with Crippen molar-refractivity contribution in [3.05, 3.63) is 23.8 Å². The average Bonchev–Trinajstić information content (AvgIpc) is 2.71. The number of hydrogen-bond donors (Lipinski definition) is 1. The monoisotopic (exact) mass is 440 g/mol. The molecule has 0 saturated heterocycles. The number of carboxylic acids is 1. The lowest BCUT2D eigenvalue weighted by molar-refractivity contribution is -0.173. The Bertz CT molecular complexity index is 825. The van der Waals surface area contributed by atoms with Gasteiger partial charge in [0.25, 0.3) is 0 Å². The van der Waals surface area contributed by atoms with Crippen molar-refractivity contribution >= 4 is 5.97 Å². The van der Waals surface area contributed by atoms with Crippen LogP contribution in [-0.4, -0.2) is 11.1 Å². The number of carboxylic acid groups (broad SMARTS) is 1. The second-order valence-corrected chi connectivity index (χ2v) is 13.2. The minimum atomic E-state index is -0.540. The van der Waals surface area contributed by atoms with Crippen molar-refractivity contribution in [2.45, 2.75) is 106 Å². The molecule has 0 spiro atoms. The fraction of sp³-hybridized carbons (Fsp3) is 0.833. The molecule has 4 aliphatic carbocycles. The van der Waals surface area contributed by atoms with E-state index in [2.05, 4.69) is 61.1 Å². The highest BCUT2D eigenvalue weighted by Gasteiger charge is 2.67. The molecule has 3 unspecified atom stereocenters. The van der Waals surface area contributed by atoms with E-state index in [1.54, 1.807) is 0 Å². The first-order valence-corrected chi connectivity index (χ1v) is 13.5. The molecule has 0 heterocycles.